The molecule has 0 aliphatic rings. The third-order valence-corrected chi connectivity index (χ3v) is 3.38. The summed E-state index contributed by atoms with van der Waals surface area (Å²) in [6, 6.07) is 0. The van der Waals surface area contributed by atoms with Gasteiger partial charge in [-0.05, 0) is 12.8 Å². The Bertz CT molecular complexity index is 361. The maximum absolute atomic E-state index is 11.7. The van der Waals surface area contributed by atoms with E-state index < -0.39 is 35.3 Å². The molecule has 0 heterocycles. The monoisotopic (exact) mass is 275 g/mol. The Balaban J connectivity index is 5.92. The average molecular weight is 275 g/mol. The van der Waals surface area contributed by atoms with E-state index in [0.717, 1.165) is 0 Å². The molecule has 110 valence electrons. The van der Waals surface area contributed by atoms with E-state index in [-0.39, 0.29) is 12.8 Å². The average Bonchev–Trinajstić information content (AvgIpc) is 2.26. The Morgan fingerprint density at radius 2 is 1.47 bits per heavy atom. The van der Waals surface area contributed by atoms with Crippen LogP contribution >= 0.6 is 0 Å². The molecule has 0 aromatic rings. The van der Waals surface area contributed by atoms with E-state index >= 15 is 0 Å². The lowest BCUT2D eigenvalue weighted by atomic mass is 9.64. The highest BCUT2D eigenvalue weighted by atomic mass is 16.4. The topological polar surface area (TPSA) is 138 Å². The van der Waals surface area contributed by atoms with E-state index in [2.05, 4.69) is 0 Å². The first-order chi connectivity index (χ1) is 8.67. The Labute approximate surface area is 111 Å². The Morgan fingerprint density at radius 3 is 1.68 bits per heavy atom. The second-order valence-corrected chi connectivity index (χ2v) is 4.68. The van der Waals surface area contributed by atoms with Crippen molar-refractivity contribution in [1.29, 1.82) is 0 Å². The molecule has 5 N–H and O–H groups in total. The number of aliphatic hydroxyl groups is 1. The first kappa shape index (κ1) is 17.4. The SMILES string of the molecule is CCCC(CCC)(C(N)=O)C(O)(CC(=O)O)C(=O)O. The zero-order chi connectivity index (χ0) is 15.3. The van der Waals surface area contributed by atoms with E-state index in [1.165, 1.54) is 0 Å². The van der Waals surface area contributed by atoms with Crippen molar-refractivity contribution in [2.75, 3.05) is 0 Å². The predicted octanol–water partition coefficient (Wildman–Crippen LogP) is 0.349. The first-order valence-corrected chi connectivity index (χ1v) is 6.15. The van der Waals surface area contributed by atoms with Crippen molar-refractivity contribution in [2.45, 2.75) is 51.6 Å². The van der Waals surface area contributed by atoms with E-state index in [1.807, 2.05) is 0 Å². The van der Waals surface area contributed by atoms with Crippen LogP contribution < -0.4 is 5.73 Å². The fourth-order valence-corrected chi connectivity index (χ4v) is 2.51. The summed E-state index contributed by atoms with van der Waals surface area (Å²) in [5, 5.41) is 28.3. The lowest BCUT2D eigenvalue weighted by molar-refractivity contribution is -0.188. The molecule has 1 atom stereocenters. The van der Waals surface area contributed by atoms with Gasteiger partial charge in [0.2, 0.25) is 5.91 Å². The minimum absolute atomic E-state index is 0.0201. The summed E-state index contributed by atoms with van der Waals surface area (Å²) in [7, 11) is 0. The minimum Gasteiger partial charge on any atom is -0.481 e. The minimum atomic E-state index is -2.70. The molecule has 0 bridgehead atoms. The molecule has 7 heteroatoms. The Kier molecular flexibility index (Phi) is 5.95. The fourth-order valence-electron chi connectivity index (χ4n) is 2.51. The van der Waals surface area contributed by atoms with Gasteiger partial charge in [-0.15, -0.1) is 0 Å². The van der Waals surface area contributed by atoms with Gasteiger partial charge in [-0.3, -0.25) is 9.59 Å². The van der Waals surface area contributed by atoms with Crippen LogP contribution in [-0.2, 0) is 14.4 Å². The summed E-state index contributed by atoms with van der Waals surface area (Å²) in [4.78, 5) is 33.9. The van der Waals surface area contributed by atoms with Gasteiger partial charge in [-0.2, -0.15) is 0 Å². The predicted molar refractivity (Wildman–Crippen MR) is 66.3 cm³/mol. The van der Waals surface area contributed by atoms with Crippen LogP contribution in [0.2, 0.25) is 0 Å². The molecule has 0 fully saturated rings. The maximum atomic E-state index is 11.7. The van der Waals surface area contributed by atoms with Crippen LogP contribution in [0.5, 0.6) is 0 Å². The number of primary amides is 1. The van der Waals surface area contributed by atoms with Gasteiger partial charge < -0.3 is 21.1 Å². The maximum Gasteiger partial charge on any atom is 0.337 e. The number of aliphatic carboxylic acids is 2. The van der Waals surface area contributed by atoms with Crippen molar-refractivity contribution < 1.29 is 29.7 Å². The molecule has 0 aliphatic carbocycles. The van der Waals surface area contributed by atoms with Gasteiger partial charge in [0.15, 0.2) is 5.60 Å². The van der Waals surface area contributed by atoms with Crippen LogP contribution in [0.3, 0.4) is 0 Å². The number of hydrogen-bond acceptors (Lipinski definition) is 4. The summed E-state index contributed by atoms with van der Waals surface area (Å²) in [5.74, 6) is -4.22. The molecular formula is C12H21NO6. The molecule has 0 saturated heterocycles. The van der Waals surface area contributed by atoms with Crippen molar-refractivity contribution in [3.8, 4) is 0 Å². The van der Waals surface area contributed by atoms with E-state index in [9.17, 15) is 24.6 Å². The molecule has 19 heavy (non-hydrogen) atoms. The lowest BCUT2D eigenvalue weighted by Gasteiger charge is -2.41. The fraction of sp³-hybridized carbons (Fsp3) is 0.750. The van der Waals surface area contributed by atoms with Gasteiger partial charge in [0.05, 0.1) is 11.8 Å². The summed E-state index contributed by atoms with van der Waals surface area (Å²) >= 11 is 0. The number of nitrogens with two attached hydrogens (primary N) is 1. The molecule has 7 nitrogen and oxygen atoms in total. The van der Waals surface area contributed by atoms with Crippen LogP contribution in [0, 0.1) is 5.41 Å². The third-order valence-electron chi connectivity index (χ3n) is 3.38. The second kappa shape index (κ2) is 6.51. The van der Waals surface area contributed by atoms with Crippen LogP contribution in [0.4, 0.5) is 0 Å². The molecule has 0 aromatic carbocycles. The number of carboxylic acid groups (broad SMARTS) is 2. The molecule has 0 aromatic heterocycles. The van der Waals surface area contributed by atoms with E-state index in [0.29, 0.717) is 12.8 Å². The first-order valence-electron chi connectivity index (χ1n) is 6.15. The van der Waals surface area contributed by atoms with Gasteiger partial charge in [-0.1, -0.05) is 26.7 Å². The Hall–Kier alpha value is -1.63. The highest BCUT2D eigenvalue weighted by Gasteiger charge is 2.59. The second-order valence-electron chi connectivity index (χ2n) is 4.68. The van der Waals surface area contributed by atoms with Gasteiger partial charge in [0, 0.05) is 0 Å². The molecule has 0 aliphatic heterocycles. The highest BCUT2D eigenvalue weighted by molar-refractivity contribution is 5.94. The molecule has 1 amide bonds. The number of rotatable bonds is 9. The van der Waals surface area contributed by atoms with Crippen molar-refractivity contribution in [2.24, 2.45) is 11.1 Å². The quantitative estimate of drug-likeness (QED) is 0.479. The zero-order valence-corrected chi connectivity index (χ0v) is 11.2. The zero-order valence-electron chi connectivity index (χ0n) is 11.2. The van der Waals surface area contributed by atoms with E-state index in [1.54, 1.807) is 13.8 Å². The highest BCUT2D eigenvalue weighted by Crippen LogP contribution is 2.43. The Morgan fingerprint density at radius 1 is 1.05 bits per heavy atom. The van der Waals surface area contributed by atoms with Crippen LogP contribution in [0.1, 0.15) is 46.0 Å². The normalized spacial score (nSPS) is 14.7. The van der Waals surface area contributed by atoms with Gasteiger partial charge in [-0.25, -0.2) is 4.79 Å². The van der Waals surface area contributed by atoms with Gasteiger partial charge in [0.25, 0.3) is 0 Å². The number of carboxylic acids is 2. The number of carbonyl (C=O) groups excluding carboxylic acids is 1. The summed E-state index contributed by atoms with van der Waals surface area (Å²) in [6.45, 7) is 3.41. The molecule has 0 saturated carbocycles. The van der Waals surface area contributed by atoms with Crippen LogP contribution in [0.25, 0.3) is 0 Å². The van der Waals surface area contributed by atoms with Crippen molar-refractivity contribution in [1.82, 2.24) is 0 Å². The smallest absolute Gasteiger partial charge is 0.337 e. The third kappa shape index (κ3) is 3.23. The van der Waals surface area contributed by atoms with Gasteiger partial charge in [0.1, 0.15) is 0 Å². The summed E-state index contributed by atoms with van der Waals surface area (Å²) in [5.41, 5.74) is 0.813. The number of amides is 1. The van der Waals surface area contributed by atoms with Crippen LogP contribution in [-0.4, -0.2) is 38.8 Å². The molecular weight excluding hydrogens is 254 g/mol. The van der Waals surface area contributed by atoms with Crippen molar-refractivity contribution in [3.63, 3.8) is 0 Å². The van der Waals surface area contributed by atoms with Gasteiger partial charge >= 0.3 is 11.9 Å². The van der Waals surface area contributed by atoms with Crippen LogP contribution in [0.15, 0.2) is 0 Å². The number of hydrogen-bond donors (Lipinski definition) is 4. The largest absolute Gasteiger partial charge is 0.481 e. The van der Waals surface area contributed by atoms with Crippen molar-refractivity contribution >= 4 is 17.8 Å². The van der Waals surface area contributed by atoms with Crippen molar-refractivity contribution in [3.05, 3.63) is 0 Å². The van der Waals surface area contributed by atoms with E-state index in [4.69, 9.17) is 10.8 Å². The molecule has 1 unspecified atom stereocenters. The summed E-state index contributed by atoms with van der Waals surface area (Å²) < 4.78 is 0. The molecule has 0 rings (SSSR count). The molecule has 0 spiro atoms. The number of carbonyl (C=O) groups is 3. The summed E-state index contributed by atoms with van der Waals surface area (Å²) in [6.07, 6.45) is -0.222. The molecule has 0 radical (unpaired) electrons. The lowest BCUT2D eigenvalue weighted by Crippen LogP contribution is -2.61. The standard InChI is InChI=1S/C12H21NO6/c1-3-5-11(6-4-2,9(13)16)12(19,10(17)18)7-8(14)15/h19H,3-7H2,1-2H3,(H2,13,16)(H,14,15)(H,17,18).